The minimum absolute atomic E-state index is 0.0887. The fourth-order valence-electron chi connectivity index (χ4n) is 2.53. The second kappa shape index (κ2) is 6.24. The number of nitrogens with zero attached hydrogens (tertiary/aromatic N) is 1. The van der Waals surface area contributed by atoms with Crippen LogP contribution in [0.1, 0.15) is 37.6 Å². The zero-order chi connectivity index (χ0) is 15.6. The van der Waals surface area contributed by atoms with Gasteiger partial charge in [0.2, 0.25) is 5.91 Å². The van der Waals surface area contributed by atoms with Crippen LogP contribution < -0.4 is 5.32 Å². The number of esters is 1. The number of methoxy groups -OCH3 is 1. The molecule has 1 aromatic heterocycles. The summed E-state index contributed by atoms with van der Waals surface area (Å²) in [5, 5.41) is 3.04. The third-order valence-corrected chi connectivity index (χ3v) is 3.94. The van der Waals surface area contributed by atoms with E-state index >= 15 is 0 Å². The van der Waals surface area contributed by atoms with Crippen LogP contribution in [0.5, 0.6) is 0 Å². The maximum absolute atomic E-state index is 12.3. The van der Waals surface area contributed by atoms with Gasteiger partial charge in [0.25, 0.3) is 0 Å². The number of hydrogen-bond acceptors (Lipinski definition) is 4. The van der Waals surface area contributed by atoms with Crippen molar-refractivity contribution in [3.05, 3.63) is 29.6 Å². The quantitative estimate of drug-likeness (QED) is 0.842. The third-order valence-electron chi connectivity index (χ3n) is 3.94. The summed E-state index contributed by atoms with van der Waals surface area (Å²) in [6.07, 6.45) is 2.31. The number of aromatic nitrogens is 1. The molecule has 0 aromatic carbocycles. The zero-order valence-corrected chi connectivity index (χ0v) is 12.9. The number of carbonyl (C=O) groups is 2. The number of nitrogens with one attached hydrogen (secondary N) is 1. The van der Waals surface area contributed by atoms with Crippen LogP contribution in [0.25, 0.3) is 0 Å². The Balaban J connectivity index is 2.07. The molecule has 0 bridgehead atoms. The molecule has 1 heterocycles. The van der Waals surface area contributed by atoms with Crippen molar-refractivity contribution in [1.29, 1.82) is 0 Å². The Morgan fingerprint density at radius 1 is 1.38 bits per heavy atom. The van der Waals surface area contributed by atoms with Gasteiger partial charge in [-0.15, -0.1) is 0 Å². The van der Waals surface area contributed by atoms with Gasteiger partial charge in [-0.1, -0.05) is 19.9 Å². The van der Waals surface area contributed by atoms with E-state index in [1.54, 1.807) is 6.20 Å². The van der Waals surface area contributed by atoms with E-state index in [1.807, 2.05) is 32.9 Å². The molecule has 0 aliphatic heterocycles. The molecular weight excluding hydrogens is 268 g/mol. The summed E-state index contributed by atoms with van der Waals surface area (Å²) in [6, 6.07) is 3.72. The first-order valence-corrected chi connectivity index (χ1v) is 7.25. The summed E-state index contributed by atoms with van der Waals surface area (Å²) < 4.78 is 4.68. The monoisotopic (exact) mass is 290 g/mol. The standard InChI is InChI=1S/C16H22N2O3/c1-9(2)13(14-10(3)6-5-7-17-14)18-15(19)11-8-12(11)16(20)21-4/h5-7,9,11-13H,8H2,1-4H3,(H,18,19)/t11-,12-,13-/m0/s1. The molecule has 114 valence electrons. The van der Waals surface area contributed by atoms with Crippen LogP contribution >= 0.6 is 0 Å². The van der Waals surface area contributed by atoms with Gasteiger partial charge in [0, 0.05) is 6.20 Å². The van der Waals surface area contributed by atoms with Crippen molar-refractivity contribution in [3.63, 3.8) is 0 Å². The van der Waals surface area contributed by atoms with Crippen molar-refractivity contribution in [3.8, 4) is 0 Å². The first-order valence-electron chi connectivity index (χ1n) is 7.25. The molecule has 1 N–H and O–H groups in total. The van der Waals surface area contributed by atoms with Gasteiger partial charge < -0.3 is 10.1 Å². The fraction of sp³-hybridized carbons (Fsp3) is 0.562. The lowest BCUT2D eigenvalue weighted by atomic mass is 9.97. The molecule has 0 saturated heterocycles. The fourth-order valence-corrected chi connectivity index (χ4v) is 2.53. The Hall–Kier alpha value is -1.91. The Morgan fingerprint density at radius 2 is 2.10 bits per heavy atom. The van der Waals surface area contributed by atoms with Crippen molar-refractivity contribution >= 4 is 11.9 Å². The molecule has 3 atom stereocenters. The molecule has 1 aliphatic carbocycles. The van der Waals surface area contributed by atoms with Crippen LogP contribution in [0, 0.1) is 24.7 Å². The summed E-state index contributed by atoms with van der Waals surface area (Å²) in [6.45, 7) is 6.08. The predicted molar refractivity (Wildman–Crippen MR) is 78.3 cm³/mol. The lowest BCUT2D eigenvalue weighted by Gasteiger charge is -2.23. The van der Waals surface area contributed by atoms with Gasteiger partial charge in [0.1, 0.15) is 0 Å². The summed E-state index contributed by atoms with van der Waals surface area (Å²) in [5.74, 6) is -0.715. The van der Waals surface area contributed by atoms with Crippen LogP contribution in [0.15, 0.2) is 18.3 Å². The van der Waals surface area contributed by atoms with Crippen molar-refractivity contribution < 1.29 is 14.3 Å². The average Bonchev–Trinajstić information content (AvgIpc) is 3.25. The molecule has 21 heavy (non-hydrogen) atoms. The smallest absolute Gasteiger partial charge is 0.309 e. The Labute approximate surface area is 125 Å². The Kier molecular flexibility index (Phi) is 4.60. The number of aryl methyl sites for hydroxylation is 1. The molecule has 1 aliphatic rings. The van der Waals surface area contributed by atoms with Crippen molar-refractivity contribution in [2.45, 2.75) is 33.2 Å². The Bertz CT molecular complexity index is 542. The first-order chi connectivity index (χ1) is 9.95. The molecule has 0 unspecified atom stereocenters. The number of rotatable bonds is 5. The summed E-state index contributed by atoms with van der Waals surface area (Å²) in [7, 11) is 1.35. The van der Waals surface area contributed by atoms with Gasteiger partial charge >= 0.3 is 5.97 Å². The maximum Gasteiger partial charge on any atom is 0.309 e. The topological polar surface area (TPSA) is 68.3 Å². The van der Waals surface area contributed by atoms with Gasteiger partial charge in [-0.3, -0.25) is 14.6 Å². The number of ether oxygens (including phenoxy) is 1. The minimum Gasteiger partial charge on any atom is -0.469 e. The van der Waals surface area contributed by atoms with Crippen LogP contribution in [0.4, 0.5) is 0 Å². The van der Waals surface area contributed by atoms with E-state index in [9.17, 15) is 9.59 Å². The molecule has 2 rings (SSSR count). The molecule has 5 nitrogen and oxygen atoms in total. The lowest BCUT2D eigenvalue weighted by Crippen LogP contribution is -2.34. The minimum atomic E-state index is -0.301. The number of pyridine rings is 1. The maximum atomic E-state index is 12.3. The molecule has 1 fully saturated rings. The van der Waals surface area contributed by atoms with Crippen LogP contribution in [-0.4, -0.2) is 24.0 Å². The molecule has 0 spiro atoms. The van der Waals surface area contributed by atoms with Crippen molar-refractivity contribution in [1.82, 2.24) is 10.3 Å². The van der Waals surface area contributed by atoms with Crippen LogP contribution in [0.2, 0.25) is 0 Å². The van der Waals surface area contributed by atoms with E-state index in [0.29, 0.717) is 6.42 Å². The van der Waals surface area contributed by atoms with E-state index in [1.165, 1.54) is 7.11 Å². The molecule has 1 aromatic rings. The normalized spacial score (nSPS) is 21.8. The van der Waals surface area contributed by atoms with Gasteiger partial charge in [-0.05, 0) is 30.9 Å². The van der Waals surface area contributed by atoms with Gasteiger partial charge in [-0.25, -0.2) is 0 Å². The van der Waals surface area contributed by atoms with Gasteiger partial charge in [0.15, 0.2) is 0 Å². The van der Waals surface area contributed by atoms with Crippen LogP contribution in [0.3, 0.4) is 0 Å². The van der Waals surface area contributed by atoms with E-state index < -0.39 is 0 Å². The first kappa shape index (κ1) is 15.5. The molecule has 5 heteroatoms. The van der Waals surface area contributed by atoms with E-state index in [-0.39, 0.29) is 35.7 Å². The molecule has 1 amide bonds. The highest BCUT2D eigenvalue weighted by Gasteiger charge is 2.49. The average molecular weight is 290 g/mol. The SMILES string of the molecule is COC(=O)[C@H]1C[C@@H]1C(=O)N[C@H](c1ncccc1C)C(C)C. The van der Waals surface area contributed by atoms with Crippen molar-refractivity contribution in [2.24, 2.45) is 17.8 Å². The van der Waals surface area contributed by atoms with Gasteiger partial charge in [0.05, 0.1) is 30.7 Å². The van der Waals surface area contributed by atoms with E-state index in [4.69, 9.17) is 0 Å². The lowest BCUT2D eigenvalue weighted by molar-refractivity contribution is -0.143. The third kappa shape index (κ3) is 3.40. The highest BCUT2D eigenvalue weighted by molar-refractivity contribution is 5.90. The molecule has 1 saturated carbocycles. The largest absolute Gasteiger partial charge is 0.469 e. The van der Waals surface area contributed by atoms with Crippen LogP contribution in [-0.2, 0) is 14.3 Å². The van der Waals surface area contributed by atoms with Gasteiger partial charge in [-0.2, -0.15) is 0 Å². The molecular formula is C16H22N2O3. The molecule has 0 radical (unpaired) electrons. The predicted octanol–water partition coefficient (Wildman–Crippen LogP) is 2.01. The highest BCUT2D eigenvalue weighted by Crippen LogP contribution is 2.40. The Morgan fingerprint density at radius 3 is 2.67 bits per heavy atom. The number of carbonyl (C=O) groups excluding carboxylic acids is 2. The van der Waals surface area contributed by atoms with Crippen molar-refractivity contribution in [2.75, 3.05) is 7.11 Å². The highest BCUT2D eigenvalue weighted by atomic mass is 16.5. The summed E-state index contributed by atoms with van der Waals surface area (Å²) >= 11 is 0. The summed E-state index contributed by atoms with van der Waals surface area (Å²) in [5.41, 5.74) is 1.94. The summed E-state index contributed by atoms with van der Waals surface area (Å²) in [4.78, 5) is 28.1. The number of hydrogen-bond donors (Lipinski definition) is 1. The van der Waals surface area contributed by atoms with E-state index in [0.717, 1.165) is 11.3 Å². The number of amides is 1. The second-order valence-corrected chi connectivity index (χ2v) is 5.91. The van der Waals surface area contributed by atoms with E-state index in [2.05, 4.69) is 15.0 Å². The zero-order valence-electron chi connectivity index (χ0n) is 12.9. The second-order valence-electron chi connectivity index (χ2n) is 5.91.